The van der Waals surface area contributed by atoms with Gasteiger partial charge in [0.2, 0.25) is 0 Å². The van der Waals surface area contributed by atoms with Crippen LogP contribution in [0.1, 0.15) is 132 Å². The van der Waals surface area contributed by atoms with Crippen LogP contribution in [-0.4, -0.2) is 85.0 Å². The zero-order valence-electron chi connectivity index (χ0n) is 52.1. The standard InChI is InChI=1S/C26H28N2O6S.C24H25BrN2O5S.C4H7O.3C4H9.CH4.Sn/c1-17(29)19-11-14-23(24(16-19)35(31,32)28-25(30)27-26(2,3)4)34-22-8-6-7-20(15-22)18-9-12-21(33-5)13-10-18;1-24(2,3)26-23(28)27-33(29,30)22-15-18(25)10-13-21(22)32-20-7-5-6-17(14-20)16-8-11-19(31-4)12-9-16;1-3-5-4-2;3*1-3-4-2;;/h6-16H,1-5H3,(H2,27,28,30);5-15H,1-4H3,(H2,26,27,28);1,4H2,2H3;3*1,3-4H2,2H3;1H4;. The van der Waals surface area contributed by atoms with Crippen molar-refractivity contribution in [1.82, 2.24) is 20.1 Å². The molecule has 16 nitrogen and oxygen atoms in total. The first-order valence-corrected chi connectivity index (χ1v) is 40.1. The van der Waals surface area contributed by atoms with E-state index in [2.05, 4.69) is 60.8 Å². The third kappa shape index (κ3) is 24.5. The molecule has 0 saturated carbocycles. The van der Waals surface area contributed by atoms with Crippen LogP contribution in [0.5, 0.6) is 34.5 Å². The Morgan fingerprint density at radius 3 is 1.28 bits per heavy atom. The fourth-order valence-electron chi connectivity index (χ4n) is 8.85. The normalized spacial score (nSPS) is 11.4. The van der Waals surface area contributed by atoms with E-state index in [1.54, 1.807) is 92.2 Å². The van der Waals surface area contributed by atoms with E-state index in [0.717, 1.165) is 40.4 Å². The van der Waals surface area contributed by atoms with Crippen molar-refractivity contribution < 1.29 is 54.9 Å². The molecule has 4 amide bonds. The summed E-state index contributed by atoms with van der Waals surface area (Å²) in [7, 11) is -5.37. The van der Waals surface area contributed by atoms with E-state index in [0.29, 0.717) is 16.0 Å². The van der Waals surface area contributed by atoms with Crippen LogP contribution < -0.4 is 39.0 Å². The van der Waals surface area contributed by atoms with Crippen molar-refractivity contribution in [3.05, 3.63) is 154 Å². The number of methoxy groups -OCH3 is 2. The molecule has 0 saturated heterocycles. The Bertz CT molecular complexity index is 3420. The second kappa shape index (κ2) is 34.8. The number of ketones is 1. The van der Waals surface area contributed by atoms with Gasteiger partial charge in [0, 0.05) is 21.1 Å². The molecule has 0 fully saturated rings. The van der Waals surface area contributed by atoms with Gasteiger partial charge in [-0.3, -0.25) is 4.79 Å². The first kappa shape index (κ1) is 74.7. The molecule has 0 unspecified atom stereocenters. The molecule has 0 aliphatic heterocycles. The van der Waals surface area contributed by atoms with Crippen molar-refractivity contribution in [1.29, 1.82) is 0 Å². The molecule has 474 valence electrons. The second-order valence-corrected chi connectivity index (χ2v) is 40.0. The predicted octanol–water partition coefficient (Wildman–Crippen LogP) is 17.4. The summed E-state index contributed by atoms with van der Waals surface area (Å²) in [5, 5.41) is 5.11. The number of Topliss-reactive ketones (excluding diaryl/α,β-unsaturated/α-hetero) is 1. The molecular formula is C67H91BrN4O12S2Sn. The minimum Gasteiger partial charge on any atom is -0.497 e. The summed E-state index contributed by atoms with van der Waals surface area (Å²) >= 11 is 1.04. The monoisotopic (exact) mass is 1410 g/mol. The molecule has 6 rings (SSSR count). The Morgan fingerprint density at radius 2 is 0.920 bits per heavy atom. The van der Waals surface area contributed by atoms with Crippen molar-refractivity contribution in [2.75, 3.05) is 20.8 Å². The van der Waals surface area contributed by atoms with Crippen LogP contribution in [-0.2, 0) is 24.8 Å². The van der Waals surface area contributed by atoms with Crippen molar-refractivity contribution in [2.24, 2.45) is 0 Å². The van der Waals surface area contributed by atoms with E-state index < -0.39 is 61.6 Å². The quantitative estimate of drug-likeness (QED) is 0.0239. The number of carbonyl (C=O) groups is 3. The van der Waals surface area contributed by atoms with E-state index in [1.165, 1.54) is 92.9 Å². The Labute approximate surface area is 531 Å². The molecule has 0 atom stereocenters. The minimum absolute atomic E-state index is 0. The molecular weight excluding hydrogens is 1320 g/mol. The fraction of sp³-hybridized carbons (Fsp3) is 0.388. The number of carbonyl (C=O) groups excluding carboxylic acids is 3. The molecule has 6 aromatic carbocycles. The number of sulfonamides is 2. The zero-order chi connectivity index (χ0) is 63.9. The maximum Gasteiger partial charge on any atom is 0.329 e. The maximum absolute atomic E-state index is 13.1. The number of hydrogen-bond donors (Lipinski definition) is 4. The zero-order valence-corrected chi connectivity index (χ0v) is 58.1. The number of hydrogen-bond acceptors (Lipinski definition) is 12. The SMILES string of the molecule is C.C=[C](OCC)[Sn]([CH2]CCC)([CH2]CCC)[CH2]CCC.COc1ccc(-c2cccc(Oc3ccc(Br)cc3S(=O)(=O)NC(=O)NC(C)(C)C)c2)cc1.COc1ccc(-c2cccc(Oc3ccc(C(C)=O)cc3S(=O)(=O)NC(=O)NC(C)(C)C)c2)cc1. The van der Waals surface area contributed by atoms with Gasteiger partial charge in [0.05, 0.1) is 14.2 Å². The first-order chi connectivity index (χ1) is 40.5. The summed E-state index contributed by atoms with van der Waals surface area (Å²) in [6.45, 7) is 25.9. The van der Waals surface area contributed by atoms with Crippen LogP contribution in [0.2, 0.25) is 13.3 Å². The largest absolute Gasteiger partial charge is 0.497 e. The topological polar surface area (TPSA) is 214 Å². The molecule has 0 aromatic heterocycles. The van der Waals surface area contributed by atoms with Crippen molar-refractivity contribution in [2.45, 2.75) is 156 Å². The van der Waals surface area contributed by atoms with Gasteiger partial charge in [0.1, 0.15) is 44.3 Å². The van der Waals surface area contributed by atoms with Gasteiger partial charge in [0.15, 0.2) is 5.78 Å². The molecule has 0 aliphatic carbocycles. The summed E-state index contributed by atoms with van der Waals surface area (Å²) in [6.07, 6.45) is 8.10. The van der Waals surface area contributed by atoms with E-state index in [9.17, 15) is 31.2 Å². The maximum atomic E-state index is 13.1. The van der Waals surface area contributed by atoms with Gasteiger partial charge < -0.3 is 29.6 Å². The Balaban J connectivity index is 0.000000357. The summed E-state index contributed by atoms with van der Waals surface area (Å²) in [6, 6.07) is 36.3. The van der Waals surface area contributed by atoms with Crippen LogP contribution in [0, 0.1) is 0 Å². The number of benzene rings is 6. The first-order valence-electron chi connectivity index (χ1n) is 28.8. The summed E-state index contributed by atoms with van der Waals surface area (Å²) in [4.78, 5) is 35.9. The smallest absolute Gasteiger partial charge is 0.329 e. The van der Waals surface area contributed by atoms with Gasteiger partial charge in [-0.1, -0.05) is 71.9 Å². The molecule has 6 aromatic rings. The Morgan fingerprint density at radius 1 is 0.529 bits per heavy atom. The minimum atomic E-state index is -4.36. The van der Waals surface area contributed by atoms with Crippen molar-refractivity contribution in [3.8, 4) is 56.8 Å². The molecule has 87 heavy (non-hydrogen) atoms. The van der Waals surface area contributed by atoms with E-state index in [4.69, 9.17) is 23.7 Å². The number of ether oxygens (including phenoxy) is 5. The van der Waals surface area contributed by atoms with Crippen LogP contribution in [0.3, 0.4) is 0 Å². The summed E-state index contributed by atoms with van der Waals surface area (Å²) in [5.74, 6) is 2.03. The average Bonchev–Trinajstić information content (AvgIpc) is 2.16. The molecule has 0 aliphatic rings. The number of urea groups is 2. The van der Waals surface area contributed by atoms with Gasteiger partial charge in [-0.15, -0.1) is 0 Å². The van der Waals surface area contributed by atoms with Crippen LogP contribution in [0.4, 0.5) is 9.59 Å². The molecule has 20 heteroatoms. The number of rotatable bonds is 25. The molecule has 4 N–H and O–H groups in total. The summed E-state index contributed by atoms with van der Waals surface area (Å²) < 4.78 is 90.5. The summed E-state index contributed by atoms with van der Waals surface area (Å²) in [5.41, 5.74) is 2.51. The third-order valence-electron chi connectivity index (χ3n) is 13.2. The molecule has 0 spiro atoms. The van der Waals surface area contributed by atoms with E-state index in [1.807, 2.05) is 76.2 Å². The van der Waals surface area contributed by atoms with Gasteiger partial charge >= 0.3 is 132 Å². The van der Waals surface area contributed by atoms with Gasteiger partial charge in [0.25, 0.3) is 20.0 Å². The Kier molecular flexibility index (Phi) is 29.9. The molecule has 0 heterocycles. The van der Waals surface area contributed by atoms with Crippen LogP contribution >= 0.6 is 15.9 Å². The van der Waals surface area contributed by atoms with E-state index in [-0.39, 0.29) is 40.1 Å². The van der Waals surface area contributed by atoms with Gasteiger partial charge in [-0.05, 0) is 156 Å². The van der Waals surface area contributed by atoms with Crippen LogP contribution in [0.15, 0.2) is 158 Å². The van der Waals surface area contributed by atoms with Crippen LogP contribution in [0.25, 0.3) is 22.3 Å². The van der Waals surface area contributed by atoms with Gasteiger partial charge in [-0.25, -0.2) is 35.9 Å². The molecule has 0 radical (unpaired) electrons. The van der Waals surface area contributed by atoms with Gasteiger partial charge in [-0.2, -0.15) is 0 Å². The van der Waals surface area contributed by atoms with Crippen molar-refractivity contribution in [3.63, 3.8) is 0 Å². The van der Waals surface area contributed by atoms with Crippen molar-refractivity contribution >= 4 is 72.2 Å². The molecule has 0 bridgehead atoms. The number of amides is 4. The average molecular weight is 1410 g/mol. The number of unbranched alkanes of at least 4 members (excludes halogenated alkanes) is 3. The number of halogens is 1. The fourth-order valence-corrected chi connectivity index (χ4v) is 26.1. The Hall–Kier alpha value is -6.55. The predicted molar refractivity (Wildman–Crippen MR) is 357 cm³/mol. The number of nitrogens with one attached hydrogen (secondary N) is 4. The third-order valence-corrected chi connectivity index (χ3v) is 31.4. The second-order valence-electron chi connectivity index (χ2n) is 22.6. The van der Waals surface area contributed by atoms with E-state index >= 15 is 0 Å².